The molecule has 0 fully saturated rings. The maximum Gasteiger partial charge on any atom is 0.306 e. The Labute approximate surface area is 103 Å². The van der Waals surface area contributed by atoms with Crippen LogP contribution in [0.25, 0.3) is 0 Å². The van der Waals surface area contributed by atoms with E-state index in [0.29, 0.717) is 13.2 Å². The molecule has 0 radical (unpaired) electrons. The molecule has 0 saturated carbocycles. The smallest absolute Gasteiger partial charge is 0.306 e. The Bertz CT molecular complexity index is 246. The molecule has 0 aliphatic carbocycles. The van der Waals surface area contributed by atoms with E-state index in [-0.39, 0.29) is 24.8 Å². The van der Waals surface area contributed by atoms with Crippen LogP contribution in [-0.4, -0.2) is 25.2 Å². The third-order valence-corrected chi connectivity index (χ3v) is 1.95. The molecule has 0 N–H and O–H groups in total. The molecule has 0 atom stereocenters. The van der Waals surface area contributed by atoms with Gasteiger partial charge in [0.25, 0.3) is 0 Å². The van der Waals surface area contributed by atoms with Crippen LogP contribution in [0.3, 0.4) is 0 Å². The van der Waals surface area contributed by atoms with Crippen molar-refractivity contribution in [2.24, 2.45) is 0 Å². The van der Waals surface area contributed by atoms with Crippen LogP contribution >= 0.6 is 0 Å². The Hall–Kier alpha value is -1.32. The van der Waals surface area contributed by atoms with Gasteiger partial charge in [-0.1, -0.05) is 26.0 Å². The number of carbonyl (C=O) groups is 2. The van der Waals surface area contributed by atoms with E-state index in [1.54, 1.807) is 0 Å². The zero-order valence-electron chi connectivity index (χ0n) is 10.7. The topological polar surface area (TPSA) is 52.6 Å². The van der Waals surface area contributed by atoms with Gasteiger partial charge in [-0.15, -0.1) is 0 Å². The third-order valence-electron chi connectivity index (χ3n) is 1.95. The van der Waals surface area contributed by atoms with Gasteiger partial charge in [0.05, 0.1) is 26.1 Å². The highest BCUT2D eigenvalue weighted by atomic mass is 16.5. The summed E-state index contributed by atoms with van der Waals surface area (Å²) >= 11 is 0. The van der Waals surface area contributed by atoms with Crippen LogP contribution in [0.1, 0.15) is 46.0 Å². The van der Waals surface area contributed by atoms with Gasteiger partial charge in [-0.2, -0.15) is 0 Å². The van der Waals surface area contributed by atoms with E-state index < -0.39 is 0 Å². The summed E-state index contributed by atoms with van der Waals surface area (Å²) in [4.78, 5) is 22.3. The van der Waals surface area contributed by atoms with Crippen molar-refractivity contribution in [1.29, 1.82) is 0 Å². The summed E-state index contributed by atoms with van der Waals surface area (Å²) in [6.45, 7) is 4.75. The fraction of sp³-hybridized carbons (Fsp3) is 0.692. The lowest BCUT2D eigenvalue weighted by atomic mass is 10.3. The van der Waals surface area contributed by atoms with Crippen molar-refractivity contribution in [3.8, 4) is 0 Å². The summed E-state index contributed by atoms with van der Waals surface area (Å²) < 4.78 is 9.79. The van der Waals surface area contributed by atoms with Crippen molar-refractivity contribution in [1.82, 2.24) is 0 Å². The van der Waals surface area contributed by atoms with E-state index in [9.17, 15) is 9.59 Å². The lowest BCUT2D eigenvalue weighted by Gasteiger charge is -2.03. The molecule has 0 unspecified atom stereocenters. The minimum Gasteiger partial charge on any atom is -0.466 e. The first-order valence-corrected chi connectivity index (χ1v) is 6.16. The Morgan fingerprint density at radius 1 is 0.941 bits per heavy atom. The second kappa shape index (κ2) is 11.2. The van der Waals surface area contributed by atoms with E-state index in [2.05, 4.69) is 0 Å². The normalized spacial score (nSPS) is 10.5. The Kier molecular flexibility index (Phi) is 10.3. The number of esters is 2. The van der Waals surface area contributed by atoms with Crippen molar-refractivity contribution >= 4 is 11.9 Å². The first-order valence-electron chi connectivity index (χ1n) is 6.16. The van der Waals surface area contributed by atoms with Crippen LogP contribution in [0, 0.1) is 0 Å². The monoisotopic (exact) mass is 242 g/mol. The maximum atomic E-state index is 11.2. The van der Waals surface area contributed by atoms with E-state index in [1.165, 1.54) is 0 Å². The van der Waals surface area contributed by atoms with Gasteiger partial charge in [-0.3, -0.25) is 9.59 Å². The number of rotatable bonds is 9. The van der Waals surface area contributed by atoms with Gasteiger partial charge in [-0.25, -0.2) is 0 Å². The Balaban J connectivity index is 3.46. The van der Waals surface area contributed by atoms with Crippen LogP contribution < -0.4 is 0 Å². The van der Waals surface area contributed by atoms with E-state index in [4.69, 9.17) is 9.47 Å². The molecular formula is C13H22O4. The maximum absolute atomic E-state index is 11.2. The highest BCUT2D eigenvalue weighted by Gasteiger charge is 2.08. The molecule has 0 bridgehead atoms. The fourth-order valence-electron chi connectivity index (χ4n) is 1.09. The van der Waals surface area contributed by atoms with Gasteiger partial charge in [0.1, 0.15) is 0 Å². The molecule has 4 nitrogen and oxygen atoms in total. The van der Waals surface area contributed by atoms with Crippen LogP contribution in [0.15, 0.2) is 12.2 Å². The quantitative estimate of drug-likeness (QED) is 0.354. The molecule has 0 spiro atoms. The van der Waals surface area contributed by atoms with Crippen LogP contribution in [0.4, 0.5) is 0 Å². The van der Waals surface area contributed by atoms with Gasteiger partial charge >= 0.3 is 11.9 Å². The third kappa shape index (κ3) is 11.0. The molecule has 0 aromatic carbocycles. The van der Waals surface area contributed by atoms with Crippen molar-refractivity contribution < 1.29 is 19.1 Å². The predicted molar refractivity (Wildman–Crippen MR) is 65.5 cm³/mol. The molecule has 0 heterocycles. The summed E-state index contributed by atoms with van der Waals surface area (Å²) in [5.74, 6) is -0.682. The molecule has 0 aliphatic rings. The minimum absolute atomic E-state index is 0.0973. The molecular weight excluding hydrogens is 220 g/mol. The lowest BCUT2D eigenvalue weighted by Crippen LogP contribution is -2.11. The van der Waals surface area contributed by atoms with E-state index in [0.717, 1.165) is 19.3 Å². The van der Waals surface area contributed by atoms with E-state index in [1.807, 2.05) is 26.0 Å². The fourth-order valence-corrected chi connectivity index (χ4v) is 1.09. The molecule has 0 aliphatic heterocycles. The van der Waals surface area contributed by atoms with Crippen molar-refractivity contribution in [3.63, 3.8) is 0 Å². The predicted octanol–water partition coefficient (Wildman–Crippen LogP) is 2.62. The van der Waals surface area contributed by atoms with Crippen LogP contribution in [0.2, 0.25) is 0 Å². The molecule has 4 heteroatoms. The summed E-state index contributed by atoms with van der Waals surface area (Å²) in [6.07, 6.45) is 6.69. The molecule has 0 saturated heterocycles. The largest absolute Gasteiger partial charge is 0.466 e. The zero-order chi connectivity index (χ0) is 12.9. The average molecular weight is 242 g/mol. The number of carbonyl (C=O) groups excluding carboxylic acids is 2. The van der Waals surface area contributed by atoms with Gasteiger partial charge in [0.15, 0.2) is 0 Å². The van der Waals surface area contributed by atoms with Gasteiger partial charge in [-0.05, 0) is 19.3 Å². The second-order valence-electron chi connectivity index (χ2n) is 3.61. The summed E-state index contributed by atoms with van der Waals surface area (Å²) in [7, 11) is 0. The Morgan fingerprint density at radius 3 is 2.06 bits per heavy atom. The molecule has 0 rings (SSSR count). The second-order valence-corrected chi connectivity index (χ2v) is 3.61. The van der Waals surface area contributed by atoms with Crippen LogP contribution in [0.5, 0.6) is 0 Å². The highest BCUT2D eigenvalue weighted by molar-refractivity contribution is 5.77. The number of ether oxygens (including phenoxy) is 2. The van der Waals surface area contributed by atoms with Gasteiger partial charge in [0, 0.05) is 0 Å². The Morgan fingerprint density at radius 2 is 1.53 bits per heavy atom. The zero-order valence-corrected chi connectivity index (χ0v) is 10.7. The number of allylic oxidation sites excluding steroid dienone is 1. The molecule has 98 valence electrons. The minimum atomic E-state index is -0.344. The first kappa shape index (κ1) is 15.7. The average Bonchev–Trinajstić information content (AvgIpc) is 2.33. The van der Waals surface area contributed by atoms with Gasteiger partial charge < -0.3 is 9.47 Å². The van der Waals surface area contributed by atoms with Crippen LogP contribution in [-0.2, 0) is 19.1 Å². The van der Waals surface area contributed by atoms with Crippen molar-refractivity contribution in [2.75, 3.05) is 13.2 Å². The standard InChI is InChI=1S/C13H22O4/c1-3-5-6-7-11-17-13(15)9-8-12(14)16-10-4-2/h5-6H,3-4,7-11H2,1-2H3/b6-5-. The summed E-state index contributed by atoms with van der Waals surface area (Å²) in [5, 5.41) is 0. The molecule has 0 amide bonds. The van der Waals surface area contributed by atoms with Crippen molar-refractivity contribution in [3.05, 3.63) is 12.2 Å². The molecule has 17 heavy (non-hydrogen) atoms. The first-order chi connectivity index (χ1) is 8.20. The summed E-state index contributed by atoms with van der Waals surface area (Å²) in [6, 6.07) is 0. The highest BCUT2D eigenvalue weighted by Crippen LogP contribution is 1.98. The van der Waals surface area contributed by atoms with E-state index >= 15 is 0 Å². The van der Waals surface area contributed by atoms with Gasteiger partial charge in [0.2, 0.25) is 0 Å². The SMILES string of the molecule is CC/C=C\CCOC(=O)CCC(=O)OCCC. The summed E-state index contributed by atoms with van der Waals surface area (Å²) in [5.41, 5.74) is 0. The number of hydrogen-bond donors (Lipinski definition) is 0. The van der Waals surface area contributed by atoms with Crippen molar-refractivity contribution in [2.45, 2.75) is 46.0 Å². The molecule has 0 aromatic heterocycles. The lowest BCUT2D eigenvalue weighted by molar-refractivity contribution is -0.150. The number of hydrogen-bond acceptors (Lipinski definition) is 4. The molecule has 0 aromatic rings.